The van der Waals surface area contributed by atoms with Gasteiger partial charge in [-0.2, -0.15) is 4.80 Å². The zero-order chi connectivity index (χ0) is 20.2. The molecule has 4 rings (SSSR count). The Morgan fingerprint density at radius 3 is 3.07 bits per heavy atom. The van der Waals surface area contributed by atoms with Crippen molar-refractivity contribution >= 4 is 5.91 Å². The van der Waals surface area contributed by atoms with Crippen LogP contribution < -0.4 is 14.8 Å². The number of hydrogen-bond acceptors (Lipinski definition) is 6. The maximum atomic E-state index is 12.4. The fourth-order valence-electron chi connectivity index (χ4n) is 3.34. The molecular formula is C21H23N5O3. The van der Waals surface area contributed by atoms with Gasteiger partial charge in [-0.15, -0.1) is 10.2 Å². The molecule has 1 aliphatic rings. The molecule has 150 valence electrons. The van der Waals surface area contributed by atoms with Crippen LogP contribution in [0.15, 0.2) is 42.5 Å². The van der Waals surface area contributed by atoms with Crippen LogP contribution in [-0.4, -0.2) is 39.8 Å². The van der Waals surface area contributed by atoms with Crippen LogP contribution in [0.1, 0.15) is 30.5 Å². The molecule has 0 saturated heterocycles. The van der Waals surface area contributed by atoms with Gasteiger partial charge >= 0.3 is 0 Å². The van der Waals surface area contributed by atoms with E-state index in [9.17, 15) is 4.79 Å². The maximum absolute atomic E-state index is 12.4. The molecule has 1 aromatic heterocycles. The van der Waals surface area contributed by atoms with Gasteiger partial charge in [-0.05, 0) is 54.3 Å². The minimum absolute atomic E-state index is 0.00460. The average molecular weight is 393 g/mol. The largest absolute Gasteiger partial charge is 0.497 e. The lowest BCUT2D eigenvalue weighted by molar-refractivity contribution is -0.122. The third-order valence-corrected chi connectivity index (χ3v) is 4.88. The molecule has 0 unspecified atom stereocenters. The number of nitrogens with one attached hydrogen (secondary N) is 1. The SMILES string of the molecule is COc1cccc(-c2nnn(CC(=O)N[C@@H](C)c3ccc4c(c3)CCCO4)n2)c1. The second-order valence-corrected chi connectivity index (χ2v) is 6.98. The number of nitrogens with zero attached hydrogens (tertiary/aromatic N) is 4. The van der Waals surface area contributed by atoms with E-state index in [1.807, 2.05) is 43.3 Å². The highest BCUT2D eigenvalue weighted by atomic mass is 16.5. The van der Waals surface area contributed by atoms with Gasteiger partial charge in [0.2, 0.25) is 11.7 Å². The van der Waals surface area contributed by atoms with Crippen LogP contribution in [0.4, 0.5) is 0 Å². The number of carbonyl (C=O) groups is 1. The summed E-state index contributed by atoms with van der Waals surface area (Å²) in [7, 11) is 1.60. The first-order valence-electron chi connectivity index (χ1n) is 9.59. The minimum Gasteiger partial charge on any atom is -0.497 e. The zero-order valence-electron chi connectivity index (χ0n) is 16.5. The van der Waals surface area contributed by atoms with E-state index >= 15 is 0 Å². The third-order valence-electron chi connectivity index (χ3n) is 4.88. The summed E-state index contributed by atoms with van der Waals surface area (Å²) in [5.74, 6) is 1.91. The highest BCUT2D eigenvalue weighted by Crippen LogP contribution is 2.27. The number of aromatic nitrogens is 4. The van der Waals surface area contributed by atoms with Gasteiger partial charge in [-0.3, -0.25) is 4.79 Å². The Morgan fingerprint density at radius 1 is 1.31 bits per heavy atom. The Labute approximate surface area is 168 Å². The smallest absolute Gasteiger partial charge is 0.244 e. The summed E-state index contributed by atoms with van der Waals surface area (Å²) in [6, 6.07) is 13.3. The summed E-state index contributed by atoms with van der Waals surface area (Å²) < 4.78 is 10.9. The normalized spacial score (nSPS) is 13.9. The van der Waals surface area contributed by atoms with E-state index in [0.717, 1.165) is 36.3 Å². The summed E-state index contributed by atoms with van der Waals surface area (Å²) in [6.07, 6.45) is 2.02. The second-order valence-electron chi connectivity index (χ2n) is 6.98. The summed E-state index contributed by atoms with van der Waals surface area (Å²) in [4.78, 5) is 13.7. The van der Waals surface area contributed by atoms with Crippen molar-refractivity contribution in [3.05, 3.63) is 53.6 Å². The first-order valence-corrected chi connectivity index (χ1v) is 9.59. The quantitative estimate of drug-likeness (QED) is 0.692. The Balaban J connectivity index is 1.39. The fraction of sp³-hybridized carbons (Fsp3) is 0.333. The van der Waals surface area contributed by atoms with Crippen molar-refractivity contribution in [1.82, 2.24) is 25.5 Å². The molecule has 1 amide bonds. The number of tetrazole rings is 1. The van der Waals surface area contributed by atoms with Crippen LogP contribution in [0.2, 0.25) is 0 Å². The van der Waals surface area contributed by atoms with E-state index in [2.05, 4.69) is 26.8 Å². The predicted molar refractivity (Wildman–Crippen MR) is 107 cm³/mol. The van der Waals surface area contributed by atoms with Gasteiger partial charge in [0.05, 0.1) is 19.8 Å². The number of hydrogen-bond donors (Lipinski definition) is 1. The Hall–Kier alpha value is -3.42. The molecule has 8 heteroatoms. The number of methoxy groups -OCH3 is 1. The highest BCUT2D eigenvalue weighted by molar-refractivity contribution is 5.76. The van der Waals surface area contributed by atoms with Gasteiger partial charge in [-0.1, -0.05) is 24.3 Å². The molecule has 3 aromatic rings. The number of aryl methyl sites for hydroxylation is 1. The molecule has 29 heavy (non-hydrogen) atoms. The summed E-state index contributed by atoms with van der Waals surface area (Å²) >= 11 is 0. The fourth-order valence-corrected chi connectivity index (χ4v) is 3.34. The third kappa shape index (κ3) is 4.37. The Bertz CT molecular complexity index is 1020. The molecule has 1 atom stereocenters. The van der Waals surface area contributed by atoms with E-state index < -0.39 is 0 Å². The van der Waals surface area contributed by atoms with Gasteiger partial charge in [0.15, 0.2) is 0 Å². The van der Waals surface area contributed by atoms with Crippen LogP contribution in [0.25, 0.3) is 11.4 Å². The van der Waals surface area contributed by atoms with Crippen LogP contribution >= 0.6 is 0 Å². The van der Waals surface area contributed by atoms with Crippen molar-refractivity contribution in [2.75, 3.05) is 13.7 Å². The van der Waals surface area contributed by atoms with Gasteiger partial charge in [0.1, 0.15) is 18.0 Å². The van der Waals surface area contributed by atoms with Crippen molar-refractivity contribution in [3.8, 4) is 22.9 Å². The van der Waals surface area contributed by atoms with Gasteiger partial charge in [0.25, 0.3) is 0 Å². The molecule has 8 nitrogen and oxygen atoms in total. The number of ether oxygens (including phenoxy) is 2. The topological polar surface area (TPSA) is 91.2 Å². The van der Waals surface area contributed by atoms with Crippen LogP contribution in [-0.2, 0) is 17.8 Å². The minimum atomic E-state index is -0.180. The van der Waals surface area contributed by atoms with E-state index in [-0.39, 0.29) is 18.5 Å². The Kier molecular flexibility index (Phi) is 5.41. The van der Waals surface area contributed by atoms with E-state index in [1.54, 1.807) is 7.11 Å². The molecule has 0 bridgehead atoms. The van der Waals surface area contributed by atoms with E-state index in [0.29, 0.717) is 11.6 Å². The number of amides is 1. The predicted octanol–water partition coefficient (Wildman–Crippen LogP) is 2.55. The number of carbonyl (C=O) groups excluding carboxylic acids is 1. The van der Waals surface area contributed by atoms with E-state index in [1.165, 1.54) is 10.4 Å². The lowest BCUT2D eigenvalue weighted by Crippen LogP contribution is -2.31. The van der Waals surface area contributed by atoms with Gasteiger partial charge in [0, 0.05) is 5.56 Å². The van der Waals surface area contributed by atoms with E-state index in [4.69, 9.17) is 9.47 Å². The second kappa shape index (κ2) is 8.30. The van der Waals surface area contributed by atoms with Crippen molar-refractivity contribution in [3.63, 3.8) is 0 Å². The lowest BCUT2D eigenvalue weighted by atomic mass is 10.00. The van der Waals surface area contributed by atoms with Crippen LogP contribution in [0.5, 0.6) is 11.5 Å². The lowest BCUT2D eigenvalue weighted by Gasteiger charge is -2.20. The van der Waals surface area contributed by atoms with Crippen molar-refractivity contribution < 1.29 is 14.3 Å². The summed E-state index contributed by atoms with van der Waals surface area (Å²) in [5, 5.41) is 15.3. The molecular weight excluding hydrogens is 370 g/mol. The van der Waals surface area contributed by atoms with Crippen LogP contribution in [0, 0.1) is 0 Å². The zero-order valence-corrected chi connectivity index (χ0v) is 16.5. The molecule has 2 heterocycles. The summed E-state index contributed by atoms with van der Waals surface area (Å²) in [6.45, 7) is 2.72. The molecule has 0 aliphatic carbocycles. The molecule has 0 radical (unpaired) electrons. The average Bonchev–Trinajstić information content (AvgIpc) is 3.21. The Morgan fingerprint density at radius 2 is 2.21 bits per heavy atom. The number of fused-ring (bicyclic) bond motifs is 1. The van der Waals surface area contributed by atoms with Gasteiger partial charge in [-0.25, -0.2) is 0 Å². The van der Waals surface area contributed by atoms with Gasteiger partial charge < -0.3 is 14.8 Å². The molecule has 0 spiro atoms. The monoisotopic (exact) mass is 393 g/mol. The standard InChI is InChI=1S/C21H23N5O3/c1-14(15-8-9-19-16(11-15)6-4-10-29-19)22-20(27)13-26-24-21(23-25-26)17-5-3-7-18(12-17)28-2/h3,5,7-9,11-12,14H,4,6,10,13H2,1-2H3,(H,22,27)/t14-/m0/s1. The van der Waals surface area contributed by atoms with Crippen molar-refractivity contribution in [2.45, 2.75) is 32.4 Å². The molecule has 0 saturated carbocycles. The number of rotatable bonds is 6. The highest BCUT2D eigenvalue weighted by Gasteiger charge is 2.16. The molecule has 2 aromatic carbocycles. The number of benzene rings is 2. The molecule has 0 fully saturated rings. The van der Waals surface area contributed by atoms with Crippen molar-refractivity contribution in [2.24, 2.45) is 0 Å². The van der Waals surface area contributed by atoms with Crippen molar-refractivity contribution in [1.29, 1.82) is 0 Å². The molecule has 1 N–H and O–H groups in total. The summed E-state index contributed by atoms with van der Waals surface area (Å²) in [5.41, 5.74) is 3.02. The maximum Gasteiger partial charge on any atom is 0.244 e. The van der Waals surface area contributed by atoms with Crippen LogP contribution in [0.3, 0.4) is 0 Å². The first kappa shape index (κ1) is 18.9. The first-order chi connectivity index (χ1) is 14.1. The molecule has 1 aliphatic heterocycles.